The molecule has 0 aliphatic carbocycles. The second-order valence-electron chi connectivity index (χ2n) is 4.81. The van der Waals surface area contributed by atoms with Gasteiger partial charge in [0.25, 0.3) is 0 Å². The largest absolute Gasteiger partial charge is 0.411 e. The van der Waals surface area contributed by atoms with Crippen molar-refractivity contribution >= 4 is 11.3 Å². The number of alkyl halides is 3. The molecule has 0 saturated carbocycles. The van der Waals surface area contributed by atoms with E-state index in [1.54, 1.807) is 0 Å². The van der Waals surface area contributed by atoms with Gasteiger partial charge in [0, 0.05) is 25.0 Å². The lowest BCUT2D eigenvalue weighted by Gasteiger charge is -2.31. The maximum atomic E-state index is 11.9. The van der Waals surface area contributed by atoms with E-state index in [4.69, 9.17) is 10.5 Å². The molecule has 1 aromatic heterocycles. The highest BCUT2D eigenvalue weighted by atomic mass is 32.1. The van der Waals surface area contributed by atoms with E-state index in [2.05, 4.69) is 9.72 Å². The molecule has 20 heavy (non-hydrogen) atoms. The highest BCUT2D eigenvalue weighted by molar-refractivity contribution is 7.09. The molecule has 0 radical (unpaired) electrons. The van der Waals surface area contributed by atoms with Crippen molar-refractivity contribution in [2.45, 2.75) is 31.0 Å². The van der Waals surface area contributed by atoms with Crippen LogP contribution in [0.2, 0.25) is 0 Å². The summed E-state index contributed by atoms with van der Waals surface area (Å²) in [7, 11) is 0. The Morgan fingerprint density at radius 1 is 1.40 bits per heavy atom. The first-order chi connectivity index (χ1) is 9.39. The number of hydrogen-bond donors (Lipinski definition) is 1. The van der Waals surface area contributed by atoms with Gasteiger partial charge in [-0.15, -0.1) is 11.3 Å². The van der Waals surface area contributed by atoms with Crippen LogP contribution in [0.5, 0.6) is 0 Å². The van der Waals surface area contributed by atoms with Crippen LogP contribution in [0, 0.1) is 0 Å². The van der Waals surface area contributed by atoms with Crippen LogP contribution >= 0.6 is 11.3 Å². The van der Waals surface area contributed by atoms with Gasteiger partial charge in [0.15, 0.2) is 0 Å². The molecular weight excluding hydrogens is 293 g/mol. The van der Waals surface area contributed by atoms with Crippen molar-refractivity contribution in [1.29, 1.82) is 0 Å². The van der Waals surface area contributed by atoms with E-state index in [1.807, 2.05) is 5.38 Å². The molecule has 1 fully saturated rings. The summed E-state index contributed by atoms with van der Waals surface area (Å²) < 4.78 is 45.6. The molecule has 8 heteroatoms. The van der Waals surface area contributed by atoms with E-state index in [0.29, 0.717) is 32.5 Å². The van der Waals surface area contributed by atoms with Gasteiger partial charge in [-0.3, -0.25) is 0 Å². The average Bonchev–Trinajstić information content (AvgIpc) is 2.84. The van der Waals surface area contributed by atoms with Gasteiger partial charge in [0.1, 0.15) is 6.61 Å². The van der Waals surface area contributed by atoms with Crippen molar-refractivity contribution in [2.24, 2.45) is 5.73 Å². The van der Waals surface area contributed by atoms with E-state index in [0.717, 1.165) is 10.7 Å². The fourth-order valence-electron chi connectivity index (χ4n) is 1.99. The van der Waals surface area contributed by atoms with E-state index in [9.17, 15) is 13.2 Å². The Kier molecular flexibility index (Phi) is 5.00. The molecule has 0 bridgehead atoms. The molecule has 1 aromatic rings. The minimum atomic E-state index is -4.28. The van der Waals surface area contributed by atoms with Gasteiger partial charge < -0.3 is 15.2 Å². The maximum Gasteiger partial charge on any atom is 0.411 e. The lowest BCUT2D eigenvalue weighted by molar-refractivity contribution is -0.173. The third-order valence-corrected chi connectivity index (χ3v) is 4.08. The first-order valence-corrected chi connectivity index (χ1v) is 7.23. The lowest BCUT2D eigenvalue weighted by Crippen LogP contribution is -2.42. The van der Waals surface area contributed by atoms with Gasteiger partial charge in [-0.25, -0.2) is 4.98 Å². The molecule has 0 unspecified atom stereocenters. The Morgan fingerprint density at radius 2 is 2.10 bits per heavy atom. The lowest BCUT2D eigenvalue weighted by atomic mass is 9.88. The number of rotatable bonds is 5. The average molecular weight is 310 g/mol. The first kappa shape index (κ1) is 15.7. The number of ether oxygens (including phenoxy) is 2. The van der Waals surface area contributed by atoms with Gasteiger partial charge in [-0.05, 0) is 12.8 Å². The Balaban J connectivity index is 1.83. The van der Waals surface area contributed by atoms with Crippen LogP contribution in [-0.2, 0) is 21.4 Å². The standard InChI is InChI=1S/C12H17F3N2O2S/c13-12(14,15)8-19-4-1-10-17-9(7-20-10)11(16)2-5-18-6-3-11/h7H,1-6,8,16H2. The highest BCUT2D eigenvalue weighted by Crippen LogP contribution is 2.30. The monoisotopic (exact) mass is 310 g/mol. The third kappa shape index (κ3) is 4.41. The molecule has 0 spiro atoms. The molecule has 0 atom stereocenters. The summed E-state index contributed by atoms with van der Waals surface area (Å²) in [5.74, 6) is 0. The summed E-state index contributed by atoms with van der Waals surface area (Å²) in [4.78, 5) is 4.42. The highest BCUT2D eigenvalue weighted by Gasteiger charge is 2.32. The van der Waals surface area contributed by atoms with Gasteiger partial charge in [-0.1, -0.05) is 0 Å². The topological polar surface area (TPSA) is 57.4 Å². The van der Waals surface area contributed by atoms with Crippen LogP contribution in [0.15, 0.2) is 5.38 Å². The zero-order chi connectivity index (χ0) is 14.6. The number of aromatic nitrogens is 1. The molecule has 2 rings (SSSR count). The SMILES string of the molecule is NC1(c2csc(CCOCC(F)(F)F)n2)CCOCC1. The quantitative estimate of drug-likeness (QED) is 0.847. The maximum absolute atomic E-state index is 11.9. The number of nitrogens with two attached hydrogens (primary N) is 1. The van der Waals surface area contributed by atoms with E-state index < -0.39 is 18.3 Å². The molecular formula is C12H17F3N2O2S. The zero-order valence-corrected chi connectivity index (χ0v) is 11.7. The Hall–Kier alpha value is -0.700. The molecule has 2 heterocycles. The predicted octanol–water partition coefficient (Wildman–Crippen LogP) is 2.23. The number of hydrogen-bond acceptors (Lipinski definition) is 5. The van der Waals surface area contributed by atoms with Crippen molar-refractivity contribution in [3.05, 3.63) is 16.1 Å². The van der Waals surface area contributed by atoms with Crippen LogP contribution in [-0.4, -0.2) is 37.6 Å². The van der Waals surface area contributed by atoms with Crippen LogP contribution in [0.25, 0.3) is 0 Å². The molecule has 114 valence electrons. The summed E-state index contributed by atoms with van der Waals surface area (Å²) in [6.45, 7) is 0.00660. The van der Waals surface area contributed by atoms with Gasteiger partial charge in [0.05, 0.1) is 22.8 Å². The predicted molar refractivity (Wildman–Crippen MR) is 68.6 cm³/mol. The smallest absolute Gasteiger partial charge is 0.381 e. The molecule has 2 N–H and O–H groups in total. The van der Waals surface area contributed by atoms with Crippen LogP contribution < -0.4 is 5.73 Å². The van der Waals surface area contributed by atoms with Crippen molar-refractivity contribution < 1.29 is 22.6 Å². The van der Waals surface area contributed by atoms with E-state index in [-0.39, 0.29) is 6.61 Å². The molecule has 1 aliphatic heterocycles. The molecule has 0 amide bonds. The number of thiazole rings is 1. The van der Waals surface area contributed by atoms with Crippen LogP contribution in [0.3, 0.4) is 0 Å². The van der Waals surface area contributed by atoms with Gasteiger partial charge >= 0.3 is 6.18 Å². The summed E-state index contributed by atoms with van der Waals surface area (Å²) in [5, 5.41) is 2.63. The summed E-state index contributed by atoms with van der Waals surface area (Å²) >= 11 is 1.41. The Morgan fingerprint density at radius 3 is 2.75 bits per heavy atom. The number of nitrogens with zero attached hydrogens (tertiary/aromatic N) is 1. The molecule has 0 aromatic carbocycles. The number of halogens is 3. The van der Waals surface area contributed by atoms with Crippen molar-refractivity contribution in [1.82, 2.24) is 4.98 Å². The van der Waals surface area contributed by atoms with Crippen molar-refractivity contribution in [3.63, 3.8) is 0 Å². The third-order valence-electron chi connectivity index (χ3n) is 3.17. The second kappa shape index (κ2) is 6.38. The van der Waals surface area contributed by atoms with Gasteiger partial charge in [-0.2, -0.15) is 13.2 Å². The zero-order valence-electron chi connectivity index (χ0n) is 10.9. The van der Waals surface area contributed by atoms with Crippen LogP contribution in [0.4, 0.5) is 13.2 Å². The Labute approximate surface area is 119 Å². The fraction of sp³-hybridized carbons (Fsp3) is 0.750. The first-order valence-electron chi connectivity index (χ1n) is 6.35. The summed E-state index contributed by atoms with van der Waals surface area (Å²) in [6, 6.07) is 0. The second-order valence-corrected chi connectivity index (χ2v) is 5.76. The Bertz CT molecular complexity index is 431. The van der Waals surface area contributed by atoms with E-state index in [1.165, 1.54) is 11.3 Å². The normalized spacial score (nSPS) is 19.2. The van der Waals surface area contributed by atoms with Crippen LogP contribution in [0.1, 0.15) is 23.5 Å². The molecule has 1 saturated heterocycles. The van der Waals surface area contributed by atoms with Crippen molar-refractivity contribution in [3.8, 4) is 0 Å². The van der Waals surface area contributed by atoms with E-state index >= 15 is 0 Å². The minimum Gasteiger partial charge on any atom is -0.381 e. The summed E-state index contributed by atoms with van der Waals surface area (Å²) in [5.41, 5.74) is 6.62. The fourth-order valence-corrected chi connectivity index (χ4v) is 2.88. The minimum absolute atomic E-state index is 0.00709. The summed E-state index contributed by atoms with van der Waals surface area (Å²) in [6.07, 6.45) is -2.49. The van der Waals surface area contributed by atoms with Crippen molar-refractivity contribution in [2.75, 3.05) is 26.4 Å². The molecule has 4 nitrogen and oxygen atoms in total. The molecule has 1 aliphatic rings. The van der Waals surface area contributed by atoms with Gasteiger partial charge in [0.2, 0.25) is 0 Å².